The summed E-state index contributed by atoms with van der Waals surface area (Å²) < 4.78 is 41.0. The van der Waals surface area contributed by atoms with Crippen molar-refractivity contribution in [2.75, 3.05) is 17.5 Å². The molecule has 0 bridgehead atoms. The lowest BCUT2D eigenvalue weighted by molar-refractivity contribution is 0.0606. The number of hydrogen-bond donors (Lipinski definition) is 2. The number of rotatable bonds is 4. The lowest BCUT2D eigenvalue weighted by Crippen LogP contribution is -2.39. The number of anilines is 1. The van der Waals surface area contributed by atoms with E-state index in [1.165, 1.54) is 16.6 Å². The highest BCUT2D eigenvalue weighted by atomic mass is 32.2. The summed E-state index contributed by atoms with van der Waals surface area (Å²) in [6.07, 6.45) is 3.22. The number of hydrogen-bond acceptors (Lipinski definition) is 5. The zero-order valence-electron chi connectivity index (χ0n) is 17.1. The highest BCUT2D eigenvalue weighted by Crippen LogP contribution is 2.33. The smallest absolute Gasteiger partial charge is 0.272 e. The third kappa shape index (κ3) is 4.31. The van der Waals surface area contributed by atoms with Crippen molar-refractivity contribution < 1.29 is 17.6 Å². The molecule has 1 atom stereocenters. The van der Waals surface area contributed by atoms with Crippen LogP contribution in [-0.4, -0.2) is 46.6 Å². The third-order valence-electron chi connectivity index (χ3n) is 5.23. The number of nitrogens with zero attached hydrogens (tertiary/aromatic N) is 3. The van der Waals surface area contributed by atoms with Crippen LogP contribution >= 0.6 is 0 Å². The molecule has 0 unspecified atom stereocenters. The molecule has 0 radical (unpaired) electrons. The van der Waals surface area contributed by atoms with Crippen molar-refractivity contribution in [1.82, 2.24) is 19.5 Å². The van der Waals surface area contributed by atoms with Gasteiger partial charge in [0.25, 0.3) is 11.5 Å². The van der Waals surface area contributed by atoms with E-state index in [2.05, 4.69) is 14.8 Å². The standard InChI is InChI=1S/C20H22FN5O4S/c1-12-9-19(27)26-18(22-12)11-16(23-26)17-5-3-4-8-25(17)20(28)14-10-13(21)6-7-15(14)24-31(2,29)30/h6-7,9-11,17,23-24H,3-5,8H2,1-2H3/t17-/m0/s1. The van der Waals surface area contributed by atoms with Crippen molar-refractivity contribution in [3.05, 3.63) is 63.5 Å². The number of carbonyl (C=O) groups is 1. The predicted octanol–water partition coefficient (Wildman–Crippen LogP) is 2.21. The fourth-order valence-electron chi connectivity index (χ4n) is 3.93. The molecule has 0 spiro atoms. The van der Waals surface area contributed by atoms with Gasteiger partial charge in [0.2, 0.25) is 10.0 Å². The second kappa shape index (κ2) is 7.80. The number of likely N-dealkylation sites (tertiary alicyclic amines) is 1. The molecule has 2 N–H and O–H groups in total. The molecule has 1 saturated heterocycles. The van der Waals surface area contributed by atoms with Crippen molar-refractivity contribution >= 4 is 27.3 Å². The Morgan fingerprint density at radius 3 is 2.77 bits per heavy atom. The first-order chi connectivity index (χ1) is 14.6. The van der Waals surface area contributed by atoms with Gasteiger partial charge in [-0.2, -0.15) is 0 Å². The molecule has 0 saturated carbocycles. The highest BCUT2D eigenvalue weighted by molar-refractivity contribution is 7.92. The molecule has 1 aliphatic heterocycles. The molecule has 1 fully saturated rings. The van der Waals surface area contributed by atoms with Crippen LogP contribution in [0.25, 0.3) is 5.65 Å². The molecule has 164 valence electrons. The van der Waals surface area contributed by atoms with Gasteiger partial charge in [-0.25, -0.2) is 22.3 Å². The van der Waals surface area contributed by atoms with Crippen LogP contribution in [0, 0.1) is 12.7 Å². The first-order valence-electron chi connectivity index (χ1n) is 9.80. The van der Waals surface area contributed by atoms with Crippen molar-refractivity contribution in [2.45, 2.75) is 32.2 Å². The lowest BCUT2D eigenvalue weighted by atomic mass is 9.98. The Labute approximate surface area is 177 Å². The summed E-state index contributed by atoms with van der Waals surface area (Å²) in [5, 5.41) is 3.02. The largest absolute Gasteiger partial charge is 0.330 e. The van der Waals surface area contributed by atoms with Crippen molar-refractivity contribution in [3.8, 4) is 0 Å². The highest BCUT2D eigenvalue weighted by Gasteiger charge is 2.32. The number of benzene rings is 1. The number of H-pyrrole nitrogens is 1. The van der Waals surface area contributed by atoms with Crippen LogP contribution < -0.4 is 10.3 Å². The van der Waals surface area contributed by atoms with Crippen LogP contribution in [-0.2, 0) is 10.0 Å². The van der Waals surface area contributed by atoms with Gasteiger partial charge in [0.05, 0.1) is 29.2 Å². The Morgan fingerprint density at radius 1 is 1.26 bits per heavy atom. The van der Waals surface area contributed by atoms with E-state index >= 15 is 0 Å². The Bertz CT molecular complexity index is 1330. The third-order valence-corrected chi connectivity index (χ3v) is 5.82. The summed E-state index contributed by atoms with van der Waals surface area (Å²) in [4.78, 5) is 31.6. The average Bonchev–Trinajstić information content (AvgIpc) is 3.12. The molecule has 11 heteroatoms. The molecule has 31 heavy (non-hydrogen) atoms. The van der Waals surface area contributed by atoms with E-state index < -0.39 is 27.8 Å². The summed E-state index contributed by atoms with van der Waals surface area (Å²) in [7, 11) is -3.66. The Morgan fingerprint density at radius 2 is 2.03 bits per heavy atom. The minimum atomic E-state index is -3.66. The van der Waals surface area contributed by atoms with Gasteiger partial charge < -0.3 is 4.90 Å². The number of aromatic nitrogens is 3. The SMILES string of the molecule is Cc1cc(=O)n2[nH]c([C@@H]3CCCCN3C(=O)c3cc(F)ccc3NS(C)(=O)=O)cc2n1. The molecule has 4 rings (SSSR count). The molecular formula is C20H22FN5O4S. The predicted molar refractivity (Wildman–Crippen MR) is 113 cm³/mol. The summed E-state index contributed by atoms with van der Waals surface area (Å²) in [5.74, 6) is -1.14. The summed E-state index contributed by atoms with van der Waals surface area (Å²) in [5.41, 5.74) is 1.36. The molecule has 1 amide bonds. The van der Waals surface area contributed by atoms with Crippen molar-refractivity contribution in [1.29, 1.82) is 0 Å². The van der Waals surface area contributed by atoms with E-state index in [0.29, 0.717) is 30.0 Å². The Kier molecular flexibility index (Phi) is 5.29. The van der Waals surface area contributed by atoms with Crippen LogP contribution in [0.3, 0.4) is 0 Å². The number of halogens is 1. The number of aromatic amines is 1. The van der Waals surface area contributed by atoms with E-state index in [9.17, 15) is 22.4 Å². The van der Waals surface area contributed by atoms with E-state index in [4.69, 9.17) is 0 Å². The zero-order valence-corrected chi connectivity index (χ0v) is 17.9. The van der Waals surface area contributed by atoms with Crippen LogP contribution in [0.1, 0.15) is 47.1 Å². The topological polar surface area (TPSA) is 117 Å². The van der Waals surface area contributed by atoms with Crippen LogP contribution in [0.15, 0.2) is 35.1 Å². The Balaban J connectivity index is 1.75. The van der Waals surface area contributed by atoms with E-state index in [-0.39, 0.29) is 16.8 Å². The van der Waals surface area contributed by atoms with Crippen LogP contribution in [0.4, 0.5) is 10.1 Å². The summed E-state index contributed by atoms with van der Waals surface area (Å²) in [6, 6.07) is 6.10. The summed E-state index contributed by atoms with van der Waals surface area (Å²) >= 11 is 0. The maximum absolute atomic E-state index is 13.9. The molecule has 1 aromatic carbocycles. The molecule has 1 aliphatic rings. The molecule has 0 aliphatic carbocycles. The molecule has 3 aromatic rings. The minimum absolute atomic E-state index is 0.0170. The van der Waals surface area contributed by atoms with E-state index in [0.717, 1.165) is 31.2 Å². The van der Waals surface area contributed by atoms with Gasteiger partial charge in [-0.15, -0.1) is 0 Å². The molecular weight excluding hydrogens is 425 g/mol. The van der Waals surface area contributed by atoms with Gasteiger partial charge in [0, 0.05) is 24.4 Å². The number of fused-ring (bicyclic) bond motifs is 1. The van der Waals surface area contributed by atoms with Gasteiger partial charge in [-0.05, 0) is 44.4 Å². The lowest BCUT2D eigenvalue weighted by Gasteiger charge is -2.35. The fraction of sp³-hybridized carbons (Fsp3) is 0.350. The van der Waals surface area contributed by atoms with Gasteiger partial charge in [0.1, 0.15) is 5.82 Å². The van der Waals surface area contributed by atoms with Gasteiger partial charge in [0.15, 0.2) is 5.65 Å². The monoisotopic (exact) mass is 447 g/mol. The summed E-state index contributed by atoms with van der Waals surface area (Å²) in [6.45, 7) is 2.14. The van der Waals surface area contributed by atoms with E-state index in [1.54, 1.807) is 17.9 Å². The number of nitrogens with one attached hydrogen (secondary N) is 2. The first-order valence-corrected chi connectivity index (χ1v) is 11.7. The molecule has 9 nitrogen and oxygen atoms in total. The van der Waals surface area contributed by atoms with Crippen LogP contribution in [0.2, 0.25) is 0 Å². The average molecular weight is 447 g/mol. The molecule has 2 aromatic heterocycles. The minimum Gasteiger partial charge on any atom is -0.330 e. The number of sulfonamides is 1. The fourth-order valence-corrected chi connectivity index (χ4v) is 4.51. The van der Waals surface area contributed by atoms with Gasteiger partial charge >= 0.3 is 0 Å². The number of aryl methyl sites for hydroxylation is 1. The maximum Gasteiger partial charge on any atom is 0.272 e. The van der Waals surface area contributed by atoms with Crippen molar-refractivity contribution in [3.63, 3.8) is 0 Å². The first kappa shape index (κ1) is 21.0. The Hall–Kier alpha value is -3.21. The van der Waals surface area contributed by atoms with Gasteiger partial charge in [-0.3, -0.25) is 19.4 Å². The normalized spacial score (nSPS) is 17.1. The second-order valence-electron chi connectivity index (χ2n) is 7.72. The maximum atomic E-state index is 13.9. The van der Waals surface area contributed by atoms with Crippen molar-refractivity contribution in [2.24, 2.45) is 0 Å². The zero-order chi connectivity index (χ0) is 22.3. The quantitative estimate of drug-likeness (QED) is 0.636. The molecule has 3 heterocycles. The number of piperidine rings is 1. The van der Waals surface area contributed by atoms with Crippen LogP contribution in [0.5, 0.6) is 0 Å². The second-order valence-corrected chi connectivity index (χ2v) is 9.46. The number of amides is 1. The number of carbonyl (C=O) groups excluding carboxylic acids is 1. The van der Waals surface area contributed by atoms with Gasteiger partial charge in [-0.1, -0.05) is 0 Å². The van der Waals surface area contributed by atoms with E-state index in [1.807, 2.05) is 0 Å².